The normalized spacial score (nSPS) is 12.9. The van der Waals surface area contributed by atoms with E-state index in [1.165, 1.54) is 0 Å². The molecule has 0 aliphatic rings. The fraction of sp³-hybridized carbons (Fsp3) is 1.00. The van der Waals surface area contributed by atoms with Crippen LogP contribution in [0.15, 0.2) is 0 Å². The molecule has 0 spiro atoms. The zero-order chi connectivity index (χ0) is 15.5. The molecule has 0 aliphatic heterocycles. The Morgan fingerprint density at radius 2 is 0.750 bits per heavy atom. The highest BCUT2D eigenvalue weighted by Crippen LogP contribution is 2.29. The van der Waals surface area contributed by atoms with Crippen LogP contribution in [-0.2, 0) is 17.7 Å². The van der Waals surface area contributed by atoms with Gasteiger partial charge in [-0.3, -0.25) is 0 Å². The zero-order valence-electron chi connectivity index (χ0n) is 14.3. The SMILES string of the molecule is CCO[Si](CC)(CC[Si](CC)(OCC)OCC)OCC. The lowest BCUT2D eigenvalue weighted by Crippen LogP contribution is -2.47. The van der Waals surface area contributed by atoms with Crippen molar-refractivity contribution in [2.45, 2.75) is 65.7 Å². The van der Waals surface area contributed by atoms with Gasteiger partial charge in [-0.15, -0.1) is 0 Å². The van der Waals surface area contributed by atoms with Gasteiger partial charge in [0.2, 0.25) is 0 Å². The Morgan fingerprint density at radius 3 is 0.900 bits per heavy atom. The van der Waals surface area contributed by atoms with Crippen LogP contribution in [0, 0.1) is 0 Å². The highest BCUT2D eigenvalue weighted by atomic mass is 28.4. The highest BCUT2D eigenvalue weighted by Gasteiger charge is 2.42. The van der Waals surface area contributed by atoms with Crippen LogP contribution in [0.25, 0.3) is 0 Å². The molecule has 0 bridgehead atoms. The third-order valence-corrected chi connectivity index (χ3v) is 11.5. The first-order valence-electron chi connectivity index (χ1n) is 8.13. The number of hydrogen-bond donors (Lipinski definition) is 0. The van der Waals surface area contributed by atoms with Crippen LogP contribution in [0.1, 0.15) is 41.5 Å². The van der Waals surface area contributed by atoms with Gasteiger partial charge >= 0.3 is 17.1 Å². The summed E-state index contributed by atoms with van der Waals surface area (Å²) in [4.78, 5) is 0. The van der Waals surface area contributed by atoms with Crippen molar-refractivity contribution in [2.24, 2.45) is 0 Å². The molecule has 0 rings (SSSR count). The maximum atomic E-state index is 6.04. The minimum absolute atomic E-state index is 0.726. The first-order chi connectivity index (χ1) is 9.57. The number of hydrogen-bond acceptors (Lipinski definition) is 4. The van der Waals surface area contributed by atoms with E-state index in [1.807, 2.05) is 27.7 Å². The molecular formula is C14H34O4Si2. The summed E-state index contributed by atoms with van der Waals surface area (Å²) in [6.45, 7) is 15.4. The lowest BCUT2D eigenvalue weighted by Gasteiger charge is -2.34. The van der Waals surface area contributed by atoms with Gasteiger partial charge in [0, 0.05) is 26.4 Å². The first kappa shape index (κ1) is 20.3. The number of rotatable bonds is 13. The molecule has 0 aromatic heterocycles. The summed E-state index contributed by atoms with van der Waals surface area (Å²) in [5, 5.41) is 0. The maximum absolute atomic E-state index is 6.04. The second-order valence-corrected chi connectivity index (χ2v) is 12.0. The Kier molecular flexibility index (Phi) is 11.1. The van der Waals surface area contributed by atoms with Crippen LogP contribution in [0.4, 0.5) is 0 Å². The molecule has 0 N–H and O–H groups in total. The molecule has 0 aliphatic carbocycles. The van der Waals surface area contributed by atoms with Gasteiger partial charge in [0.1, 0.15) is 0 Å². The lowest BCUT2D eigenvalue weighted by molar-refractivity contribution is 0.172. The predicted octanol–water partition coefficient (Wildman–Crippen LogP) is 4.06. The van der Waals surface area contributed by atoms with Crippen LogP contribution in [0.3, 0.4) is 0 Å². The maximum Gasteiger partial charge on any atom is 0.337 e. The van der Waals surface area contributed by atoms with Gasteiger partial charge in [-0.25, -0.2) is 0 Å². The smallest absolute Gasteiger partial charge is 0.337 e. The molecule has 0 saturated heterocycles. The summed E-state index contributed by atoms with van der Waals surface area (Å²) in [5.41, 5.74) is 0. The van der Waals surface area contributed by atoms with E-state index in [1.54, 1.807) is 0 Å². The van der Waals surface area contributed by atoms with Gasteiger partial charge < -0.3 is 17.7 Å². The second-order valence-electron chi connectivity index (χ2n) is 4.76. The Bertz CT molecular complexity index is 203. The van der Waals surface area contributed by atoms with E-state index >= 15 is 0 Å². The average Bonchev–Trinajstić information content (AvgIpc) is 2.45. The Hall–Kier alpha value is 0.274. The van der Waals surface area contributed by atoms with E-state index in [4.69, 9.17) is 17.7 Å². The van der Waals surface area contributed by atoms with E-state index in [2.05, 4.69) is 13.8 Å². The van der Waals surface area contributed by atoms with Crippen LogP contribution in [-0.4, -0.2) is 43.5 Å². The van der Waals surface area contributed by atoms with Crippen molar-refractivity contribution in [2.75, 3.05) is 26.4 Å². The molecule has 20 heavy (non-hydrogen) atoms. The quantitative estimate of drug-likeness (QED) is 0.479. The molecule has 0 heterocycles. The minimum atomic E-state index is -2.08. The summed E-state index contributed by atoms with van der Waals surface area (Å²) in [5.74, 6) is 0. The summed E-state index contributed by atoms with van der Waals surface area (Å²) >= 11 is 0. The minimum Gasteiger partial charge on any atom is -0.395 e. The van der Waals surface area contributed by atoms with Crippen molar-refractivity contribution >= 4 is 17.1 Å². The first-order valence-corrected chi connectivity index (χ1v) is 12.6. The predicted molar refractivity (Wildman–Crippen MR) is 88.6 cm³/mol. The van der Waals surface area contributed by atoms with Crippen molar-refractivity contribution in [3.63, 3.8) is 0 Å². The van der Waals surface area contributed by atoms with Gasteiger partial charge in [-0.2, -0.15) is 0 Å². The van der Waals surface area contributed by atoms with Crippen molar-refractivity contribution < 1.29 is 17.7 Å². The van der Waals surface area contributed by atoms with E-state index in [0.29, 0.717) is 0 Å². The topological polar surface area (TPSA) is 36.9 Å². The second kappa shape index (κ2) is 10.9. The molecule has 4 nitrogen and oxygen atoms in total. The highest BCUT2D eigenvalue weighted by molar-refractivity contribution is 6.73. The fourth-order valence-electron chi connectivity index (χ4n) is 2.57. The average molecular weight is 323 g/mol. The summed E-state index contributed by atoms with van der Waals surface area (Å²) in [7, 11) is -4.16. The van der Waals surface area contributed by atoms with E-state index in [9.17, 15) is 0 Å². The lowest BCUT2D eigenvalue weighted by atomic mass is 10.9. The summed E-state index contributed by atoms with van der Waals surface area (Å²) < 4.78 is 24.2. The molecule has 0 radical (unpaired) electrons. The van der Waals surface area contributed by atoms with Crippen molar-refractivity contribution in [3.8, 4) is 0 Å². The molecule has 0 fully saturated rings. The van der Waals surface area contributed by atoms with Crippen LogP contribution < -0.4 is 0 Å². The van der Waals surface area contributed by atoms with E-state index in [-0.39, 0.29) is 0 Å². The van der Waals surface area contributed by atoms with E-state index < -0.39 is 17.1 Å². The van der Waals surface area contributed by atoms with Gasteiger partial charge in [0.15, 0.2) is 0 Å². The van der Waals surface area contributed by atoms with Crippen molar-refractivity contribution in [3.05, 3.63) is 0 Å². The standard InChI is InChI=1S/C14H34O4Si2/c1-7-15-19(11-5,16-8-2)13-14-20(12-6,17-9-3)18-10-4/h7-14H2,1-6H3. The zero-order valence-corrected chi connectivity index (χ0v) is 16.3. The van der Waals surface area contributed by atoms with Crippen LogP contribution >= 0.6 is 0 Å². The molecule has 122 valence electrons. The van der Waals surface area contributed by atoms with Gasteiger partial charge in [0.05, 0.1) is 0 Å². The molecule has 0 aromatic carbocycles. The summed E-state index contributed by atoms with van der Waals surface area (Å²) in [6, 6.07) is 3.93. The molecule has 6 heteroatoms. The fourth-order valence-corrected chi connectivity index (χ4v) is 9.99. The molecule has 0 atom stereocenters. The molecular weight excluding hydrogens is 288 g/mol. The van der Waals surface area contributed by atoms with Gasteiger partial charge in [-0.05, 0) is 51.9 Å². The van der Waals surface area contributed by atoms with Crippen molar-refractivity contribution in [1.29, 1.82) is 0 Å². The Labute approximate surface area is 127 Å². The Morgan fingerprint density at radius 1 is 0.500 bits per heavy atom. The van der Waals surface area contributed by atoms with Gasteiger partial charge in [-0.1, -0.05) is 13.8 Å². The summed E-state index contributed by atoms with van der Waals surface area (Å²) in [6.07, 6.45) is 0. The van der Waals surface area contributed by atoms with Gasteiger partial charge in [0.25, 0.3) is 0 Å². The molecule has 0 amide bonds. The Balaban J connectivity index is 4.83. The van der Waals surface area contributed by atoms with Crippen LogP contribution in [0.5, 0.6) is 0 Å². The largest absolute Gasteiger partial charge is 0.395 e. The molecule has 0 unspecified atom stereocenters. The van der Waals surface area contributed by atoms with E-state index in [0.717, 1.165) is 50.6 Å². The van der Waals surface area contributed by atoms with Crippen LogP contribution in [0.2, 0.25) is 24.2 Å². The molecule has 0 saturated carbocycles. The third-order valence-electron chi connectivity index (χ3n) is 3.59. The van der Waals surface area contributed by atoms with Crippen molar-refractivity contribution in [1.82, 2.24) is 0 Å². The molecule has 0 aromatic rings. The third kappa shape index (κ3) is 6.36. The monoisotopic (exact) mass is 322 g/mol.